The van der Waals surface area contributed by atoms with Gasteiger partial charge in [0.15, 0.2) is 5.69 Å². The van der Waals surface area contributed by atoms with E-state index in [2.05, 4.69) is 26.1 Å². The van der Waals surface area contributed by atoms with Crippen molar-refractivity contribution >= 4 is 21.8 Å². The zero-order valence-corrected chi connectivity index (χ0v) is 12.0. The number of carbonyl (C=O) groups excluding carboxylic acids is 1. The minimum absolute atomic E-state index is 0.122. The predicted octanol–water partition coefficient (Wildman–Crippen LogP) is 1.19. The molecule has 0 aliphatic carbocycles. The van der Waals surface area contributed by atoms with Gasteiger partial charge in [-0.25, -0.2) is 0 Å². The van der Waals surface area contributed by atoms with E-state index in [0.29, 0.717) is 16.7 Å². The molecule has 0 saturated heterocycles. The van der Waals surface area contributed by atoms with Crippen LogP contribution in [-0.2, 0) is 20.6 Å². The number of amides is 1. The lowest BCUT2D eigenvalue weighted by Crippen LogP contribution is -2.28. The van der Waals surface area contributed by atoms with Gasteiger partial charge in [-0.2, -0.15) is 10.2 Å². The van der Waals surface area contributed by atoms with Gasteiger partial charge >= 0.3 is 0 Å². The van der Waals surface area contributed by atoms with E-state index in [1.807, 2.05) is 13.1 Å². The lowest BCUT2D eigenvalue weighted by Gasteiger charge is -2.16. The van der Waals surface area contributed by atoms with E-state index in [1.165, 1.54) is 0 Å². The SMILES string of the molecule is CN(Cc1ccnn1C)C(=O)c1nn(C)cc1Br. The Labute approximate surface area is 113 Å². The highest BCUT2D eigenvalue weighted by Crippen LogP contribution is 2.16. The summed E-state index contributed by atoms with van der Waals surface area (Å²) in [6, 6.07) is 1.89. The molecule has 96 valence electrons. The van der Waals surface area contributed by atoms with Crippen molar-refractivity contribution in [3.63, 3.8) is 0 Å². The normalized spacial score (nSPS) is 10.7. The first kappa shape index (κ1) is 12.8. The van der Waals surface area contributed by atoms with Crippen molar-refractivity contribution in [2.45, 2.75) is 6.54 Å². The molecule has 0 aliphatic heterocycles. The van der Waals surface area contributed by atoms with Crippen LogP contribution in [0.25, 0.3) is 0 Å². The Kier molecular flexibility index (Phi) is 3.51. The Balaban J connectivity index is 2.14. The molecule has 2 rings (SSSR count). The second-order valence-corrected chi connectivity index (χ2v) is 4.96. The van der Waals surface area contributed by atoms with Gasteiger partial charge < -0.3 is 4.90 Å². The summed E-state index contributed by atoms with van der Waals surface area (Å²) < 4.78 is 4.05. The molecule has 2 heterocycles. The second-order valence-electron chi connectivity index (χ2n) is 4.11. The van der Waals surface area contributed by atoms with Crippen molar-refractivity contribution in [3.8, 4) is 0 Å². The fraction of sp³-hybridized carbons (Fsp3) is 0.364. The van der Waals surface area contributed by atoms with Crippen LogP contribution in [0.2, 0.25) is 0 Å². The number of nitrogens with zero attached hydrogens (tertiary/aromatic N) is 5. The first-order valence-corrected chi connectivity index (χ1v) is 6.20. The van der Waals surface area contributed by atoms with Crippen LogP contribution < -0.4 is 0 Å². The number of carbonyl (C=O) groups is 1. The molecule has 0 aromatic carbocycles. The van der Waals surface area contributed by atoms with Crippen molar-refractivity contribution < 1.29 is 4.79 Å². The third-order valence-electron chi connectivity index (χ3n) is 2.66. The highest BCUT2D eigenvalue weighted by molar-refractivity contribution is 9.10. The summed E-state index contributed by atoms with van der Waals surface area (Å²) in [5.74, 6) is -0.122. The van der Waals surface area contributed by atoms with E-state index in [9.17, 15) is 4.79 Å². The number of aryl methyl sites for hydroxylation is 2. The zero-order valence-electron chi connectivity index (χ0n) is 10.5. The maximum Gasteiger partial charge on any atom is 0.275 e. The number of hydrogen-bond donors (Lipinski definition) is 0. The van der Waals surface area contributed by atoms with Gasteiger partial charge in [0.1, 0.15) is 0 Å². The molecule has 0 spiro atoms. The molecule has 0 atom stereocenters. The summed E-state index contributed by atoms with van der Waals surface area (Å²) in [5.41, 5.74) is 1.39. The summed E-state index contributed by atoms with van der Waals surface area (Å²) in [6.07, 6.45) is 3.47. The van der Waals surface area contributed by atoms with E-state index in [-0.39, 0.29) is 5.91 Å². The van der Waals surface area contributed by atoms with Gasteiger partial charge in [-0.15, -0.1) is 0 Å². The molecule has 0 aliphatic rings. The smallest absolute Gasteiger partial charge is 0.275 e. The van der Waals surface area contributed by atoms with Crippen LogP contribution >= 0.6 is 15.9 Å². The van der Waals surface area contributed by atoms with Gasteiger partial charge in [-0.1, -0.05) is 0 Å². The van der Waals surface area contributed by atoms with E-state index >= 15 is 0 Å². The van der Waals surface area contributed by atoms with E-state index < -0.39 is 0 Å². The second kappa shape index (κ2) is 4.93. The van der Waals surface area contributed by atoms with Crippen molar-refractivity contribution in [1.82, 2.24) is 24.5 Å². The van der Waals surface area contributed by atoms with Gasteiger partial charge in [0.25, 0.3) is 5.91 Å². The molecular formula is C11H14BrN5O. The Hall–Kier alpha value is -1.63. The molecule has 2 aromatic heterocycles. The van der Waals surface area contributed by atoms with Gasteiger partial charge in [0.2, 0.25) is 0 Å². The molecule has 18 heavy (non-hydrogen) atoms. The van der Waals surface area contributed by atoms with Gasteiger partial charge in [-0.3, -0.25) is 14.2 Å². The first-order chi connectivity index (χ1) is 8.49. The molecule has 0 bridgehead atoms. The minimum Gasteiger partial charge on any atom is -0.334 e. The highest BCUT2D eigenvalue weighted by Gasteiger charge is 2.19. The zero-order chi connectivity index (χ0) is 13.3. The molecule has 0 N–H and O–H groups in total. The molecule has 0 fully saturated rings. The Morgan fingerprint density at radius 2 is 2.22 bits per heavy atom. The lowest BCUT2D eigenvalue weighted by atomic mass is 10.3. The van der Waals surface area contributed by atoms with Gasteiger partial charge in [0, 0.05) is 33.5 Å². The van der Waals surface area contributed by atoms with Crippen molar-refractivity contribution in [3.05, 3.63) is 34.3 Å². The molecule has 1 amide bonds. The molecule has 6 nitrogen and oxygen atoms in total. The third kappa shape index (κ3) is 2.45. The molecule has 2 aromatic rings. The van der Waals surface area contributed by atoms with Crippen LogP contribution in [0, 0.1) is 0 Å². The third-order valence-corrected chi connectivity index (χ3v) is 3.24. The van der Waals surface area contributed by atoms with Crippen LogP contribution in [0.4, 0.5) is 0 Å². The minimum atomic E-state index is -0.122. The maximum atomic E-state index is 12.2. The van der Waals surface area contributed by atoms with Crippen molar-refractivity contribution in [1.29, 1.82) is 0 Å². The van der Waals surface area contributed by atoms with Crippen LogP contribution in [0.5, 0.6) is 0 Å². The predicted molar refractivity (Wildman–Crippen MR) is 69.9 cm³/mol. The van der Waals surface area contributed by atoms with Crippen molar-refractivity contribution in [2.75, 3.05) is 7.05 Å². The quantitative estimate of drug-likeness (QED) is 0.855. The van der Waals surface area contributed by atoms with E-state index in [4.69, 9.17) is 0 Å². The summed E-state index contributed by atoms with van der Waals surface area (Å²) >= 11 is 3.33. The van der Waals surface area contributed by atoms with Gasteiger partial charge in [-0.05, 0) is 22.0 Å². The highest BCUT2D eigenvalue weighted by atomic mass is 79.9. The van der Waals surface area contributed by atoms with E-state index in [0.717, 1.165) is 5.69 Å². The summed E-state index contributed by atoms with van der Waals surface area (Å²) in [6.45, 7) is 0.498. The standard InChI is InChI=1S/C11H14BrN5O/c1-15(6-8-4-5-13-17(8)3)11(18)10-9(12)7-16(2)14-10/h4-5,7H,6H2,1-3H3. The number of rotatable bonds is 3. The summed E-state index contributed by atoms with van der Waals surface area (Å²) in [4.78, 5) is 13.8. The molecule has 0 unspecified atom stereocenters. The van der Waals surface area contributed by atoms with Crippen LogP contribution in [0.3, 0.4) is 0 Å². The fourth-order valence-electron chi connectivity index (χ4n) is 1.66. The summed E-state index contributed by atoms with van der Waals surface area (Å²) in [7, 11) is 5.38. The average molecular weight is 312 g/mol. The van der Waals surface area contributed by atoms with Crippen LogP contribution in [0.1, 0.15) is 16.2 Å². The monoisotopic (exact) mass is 311 g/mol. The molecule has 0 saturated carbocycles. The topological polar surface area (TPSA) is 56.0 Å². The summed E-state index contributed by atoms with van der Waals surface area (Å²) in [5, 5.41) is 8.21. The Bertz CT molecular complexity index is 574. The molecular weight excluding hydrogens is 298 g/mol. The Morgan fingerprint density at radius 3 is 2.72 bits per heavy atom. The lowest BCUT2D eigenvalue weighted by molar-refractivity contribution is 0.0774. The fourth-order valence-corrected chi connectivity index (χ4v) is 2.20. The molecule has 7 heteroatoms. The van der Waals surface area contributed by atoms with Crippen molar-refractivity contribution in [2.24, 2.45) is 14.1 Å². The maximum absolute atomic E-state index is 12.2. The average Bonchev–Trinajstić information content (AvgIpc) is 2.85. The number of aromatic nitrogens is 4. The molecule has 0 radical (unpaired) electrons. The number of hydrogen-bond acceptors (Lipinski definition) is 3. The van der Waals surface area contributed by atoms with Gasteiger partial charge in [0.05, 0.1) is 16.7 Å². The number of halogens is 1. The first-order valence-electron chi connectivity index (χ1n) is 5.40. The van der Waals surface area contributed by atoms with Crippen LogP contribution in [0.15, 0.2) is 22.9 Å². The largest absolute Gasteiger partial charge is 0.334 e. The Morgan fingerprint density at radius 1 is 1.50 bits per heavy atom. The van der Waals surface area contributed by atoms with Crippen LogP contribution in [-0.4, -0.2) is 37.4 Å². The van der Waals surface area contributed by atoms with E-state index in [1.54, 1.807) is 40.8 Å².